The highest BCUT2D eigenvalue weighted by Gasteiger charge is 2.22. The molecule has 0 aliphatic rings. The molecule has 1 aromatic heterocycles. The average Bonchev–Trinajstić information content (AvgIpc) is 2.90. The van der Waals surface area contributed by atoms with E-state index in [1.165, 1.54) is 0 Å². The summed E-state index contributed by atoms with van der Waals surface area (Å²) in [6, 6.07) is 11.8. The Balaban J connectivity index is 2.09. The largest absolute Gasteiger partial charge is 0.389 e. The van der Waals surface area contributed by atoms with Gasteiger partial charge in [-0.15, -0.1) is 0 Å². The second-order valence-corrected chi connectivity index (χ2v) is 6.64. The molecule has 4 heteroatoms. The van der Waals surface area contributed by atoms with Gasteiger partial charge in [0.2, 0.25) is 5.91 Å². The molecule has 0 radical (unpaired) electrons. The molecular formula is C17H21NO2S. The molecule has 0 aliphatic carbocycles. The summed E-state index contributed by atoms with van der Waals surface area (Å²) in [7, 11) is 0. The van der Waals surface area contributed by atoms with Crippen molar-refractivity contribution in [2.24, 2.45) is 0 Å². The summed E-state index contributed by atoms with van der Waals surface area (Å²) < 4.78 is 0. The molecule has 1 N–H and O–H groups in total. The van der Waals surface area contributed by atoms with Crippen LogP contribution < -0.4 is 0 Å². The summed E-state index contributed by atoms with van der Waals surface area (Å²) in [5, 5.41) is 14.0. The van der Waals surface area contributed by atoms with Crippen molar-refractivity contribution in [3.63, 3.8) is 0 Å². The predicted octanol–water partition coefficient (Wildman–Crippen LogP) is 3.09. The number of amides is 1. The van der Waals surface area contributed by atoms with E-state index in [4.69, 9.17) is 0 Å². The summed E-state index contributed by atoms with van der Waals surface area (Å²) in [6.45, 7) is 4.30. The molecule has 1 heterocycles. The van der Waals surface area contributed by atoms with Crippen LogP contribution in [0.2, 0.25) is 0 Å². The third-order valence-electron chi connectivity index (χ3n) is 3.08. The van der Waals surface area contributed by atoms with Gasteiger partial charge in [-0.25, -0.2) is 0 Å². The van der Waals surface area contributed by atoms with Crippen molar-refractivity contribution in [3.8, 4) is 0 Å². The summed E-state index contributed by atoms with van der Waals surface area (Å²) in [4.78, 5) is 14.2. The van der Waals surface area contributed by atoms with E-state index in [0.717, 1.165) is 11.1 Å². The third-order valence-corrected chi connectivity index (χ3v) is 3.81. The van der Waals surface area contributed by atoms with E-state index >= 15 is 0 Å². The summed E-state index contributed by atoms with van der Waals surface area (Å²) >= 11 is 1.59. The zero-order valence-electron chi connectivity index (χ0n) is 12.5. The van der Waals surface area contributed by atoms with E-state index < -0.39 is 5.60 Å². The molecule has 2 aromatic rings. The van der Waals surface area contributed by atoms with Crippen LogP contribution in [-0.4, -0.2) is 28.1 Å². The Labute approximate surface area is 129 Å². The molecule has 112 valence electrons. The first-order valence-electron chi connectivity index (χ1n) is 6.99. The van der Waals surface area contributed by atoms with Crippen molar-refractivity contribution in [2.75, 3.05) is 6.54 Å². The number of aliphatic hydroxyl groups is 1. The Morgan fingerprint density at radius 1 is 1.19 bits per heavy atom. The predicted molar refractivity (Wildman–Crippen MR) is 86.2 cm³/mol. The number of benzene rings is 1. The Morgan fingerprint density at radius 3 is 2.48 bits per heavy atom. The second-order valence-electron chi connectivity index (χ2n) is 5.86. The number of hydrogen-bond acceptors (Lipinski definition) is 3. The molecule has 0 aliphatic heterocycles. The van der Waals surface area contributed by atoms with Crippen LogP contribution >= 0.6 is 11.3 Å². The topological polar surface area (TPSA) is 40.5 Å². The van der Waals surface area contributed by atoms with Crippen molar-refractivity contribution in [3.05, 3.63) is 58.3 Å². The third kappa shape index (κ3) is 5.33. The van der Waals surface area contributed by atoms with Crippen molar-refractivity contribution >= 4 is 17.2 Å². The van der Waals surface area contributed by atoms with Gasteiger partial charge in [0.05, 0.1) is 12.0 Å². The Bertz CT molecular complexity index is 558. The zero-order valence-corrected chi connectivity index (χ0v) is 13.3. The normalized spacial score (nSPS) is 11.4. The number of nitrogens with zero attached hydrogens (tertiary/aromatic N) is 1. The first kappa shape index (κ1) is 15.7. The van der Waals surface area contributed by atoms with Gasteiger partial charge in [0.15, 0.2) is 0 Å². The number of carbonyl (C=O) groups excluding carboxylic acids is 1. The molecule has 1 aromatic carbocycles. The molecule has 0 spiro atoms. The van der Waals surface area contributed by atoms with Crippen molar-refractivity contribution in [1.29, 1.82) is 0 Å². The minimum Gasteiger partial charge on any atom is -0.389 e. The van der Waals surface area contributed by atoms with Gasteiger partial charge < -0.3 is 10.0 Å². The van der Waals surface area contributed by atoms with Gasteiger partial charge >= 0.3 is 0 Å². The first-order valence-corrected chi connectivity index (χ1v) is 7.93. The smallest absolute Gasteiger partial charge is 0.227 e. The number of thiophene rings is 1. The van der Waals surface area contributed by atoms with E-state index in [0.29, 0.717) is 19.5 Å². The fourth-order valence-electron chi connectivity index (χ4n) is 2.18. The Hall–Kier alpha value is -1.65. The van der Waals surface area contributed by atoms with Gasteiger partial charge in [-0.2, -0.15) is 11.3 Å². The number of hydrogen-bond donors (Lipinski definition) is 1. The molecule has 0 atom stereocenters. The lowest BCUT2D eigenvalue weighted by atomic mass is 10.1. The molecule has 0 bridgehead atoms. The average molecular weight is 303 g/mol. The lowest BCUT2D eigenvalue weighted by Gasteiger charge is -2.29. The fraction of sp³-hybridized carbons (Fsp3) is 0.353. The monoisotopic (exact) mass is 303 g/mol. The molecule has 1 amide bonds. The second kappa shape index (κ2) is 6.87. The fourth-order valence-corrected chi connectivity index (χ4v) is 2.85. The zero-order chi connectivity index (χ0) is 15.3. The molecule has 0 fully saturated rings. The Kier molecular flexibility index (Phi) is 5.15. The molecule has 3 nitrogen and oxygen atoms in total. The van der Waals surface area contributed by atoms with Crippen LogP contribution in [0.15, 0.2) is 47.2 Å². The van der Waals surface area contributed by atoms with Crippen LogP contribution in [-0.2, 0) is 17.8 Å². The quantitative estimate of drug-likeness (QED) is 0.891. The van der Waals surface area contributed by atoms with E-state index in [-0.39, 0.29) is 5.91 Å². The highest BCUT2D eigenvalue weighted by molar-refractivity contribution is 7.07. The standard InChI is InChI=1S/C17H21NO2S/c1-17(2,20)13-18(11-14-6-4-3-5-7-14)16(19)10-15-8-9-21-12-15/h3-9,12,20H,10-11,13H2,1-2H3. The lowest BCUT2D eigenvalue weighted by molar-refractivity contribution is -0.134. The van der Waals surface area contributed by atoms with Crippen LogP contribution in [0.1, 0.15) is 25.0 Å². The molecule has 0 saturated heterocycles. The van der Waals surface area contributed by atoms with Crippen LogP contribution in [0.25, 0.3) is 0 Å². The van der Waals surface area contributed by atoms with Gasteiger partial charge in [-0.05, 0) is 41.8 Å². The molecule has 21 heavy (non-hydrogen) atoms. The van der Waals surface area contributed by atoms with E-state index in [9.17, 15) is 9.90 Å². The lowest BCUT2D eigenvalue weighted by Crippen LogP contribution is -2.42. The van der Waals surface area contributed by atoms with E-state index in [1.54, 1.807) is 30.1 Å². The maximum absolute atomic E-state index is 12.5. The minimum atomic E-state index is -0.904. The Morgan fingerprint density at radius 2 is 1.90 bits per heavy atom. The van der Waals surface area contributed by atoms with Gasteiger partial charge in [-0.1, -0.05) is 30.3 Å². The first-order chi connectivity index (χ1) is 9.94. The summed E-state index contributed by atoms with van der Waals surface area (Å²) in [5.74, 6) is 0.0411. The summed E-state index contributed by atoms with van der Waals surface area (Å²) in [5.41, 5.74) is 1.19. The van der Waals surface area contributed by atoms with Crippen LogP contribution in [0.3, 0.4) is 0 Å². The molecule has 0 unspecified atom stereocenters. The van der Waals surface area contributed by atoms with Gasteiger partial charge in [0.1, 0.15) is 0 Å². The van der Waals surface area contributed by atoms with Crippen molar-refractivity contribution < 1.29 is 9.90 Å². The minimum absolute atomic E-state index is 0.0411. The van der Waals surface area contributed by atoms with E-state index in [2.05, 4.69) is 0 Å². The SMILES string of the molecule is CC(C)(O)CN(Cc1ccccc1)C(=O)Cc1ccsc1. The van der Waals surface area contributed by atoms with Crippen LogP contribution in [0.5, 0.6) is 0 Å². The van der Waals surface area contributed by atoms with Crippen LogP contribution in [0.4, 0.5) is 0 Å². The van der Waals surface area contributed by atoms with Crippen molar-refractivity contribution in [1.82, 2.24) is 4.90 Å². The highest BCUT2D eigenvalue weighted by atomic mass is 32.1. The van der Waals surface area contributed by atoms with Gasteiger partial charge in [0, 0.05) is 13.1 Å². The van der Waals surface area contributed by atoms with Crippen molar-refractivity contribution in [2.45, 2.75) is 32.4 Å². The van der Waals surface area contributed by atoms with Gasteiger partial charge in [-0.3, -0.25) is 4.79 Å². The van der Waals surface area contributed by atoms with E-state index in [1.807, 2.05) is 47.2 Å². The maximum atomic E-state index is 12.5. The highest BCUT2D eigenvalue weighted by Crippen LogP contribution is 2.14. The maximum Gasteiger partial charge on any atom is 0.227 e. The number of carbonyl (C=O) groups is 1. The summed E-state index contributed by atoms with van der Waals surface area (Å²) in [6.07, 6.45) is 0.381. The molecule has 0 saturated carbocycles. The molecular weight excluding hydrogens is 282 g/mol. The van der Waals surface area contributed by atoms with Gasteiger partial charge in [0.25, 0.3) is 0 Å². The van der Waals surface area contributed by atoms with Crippen LogP contribution in [0, 0.1) is 0 Å². The molecule has 2 rings (SSSR count). The number of rotatable bonds is 6.